The highest BCUT2D eigenvalue weighted by Gasteiger charge is 2.25. The maximum atomic E-state index is 9.14. The van der Waals surface area contributed by atoms with Crippen molar-refractivity contribution in [1.82, 2.24) is 9.97 Å². The molecule has 1 fully saturated rings. The molecule has 2 heterocycles. The number of hydrogen-bond acceptors (Lipinski definition) is 5. The van der Waals surface area contributed by atoms with E-state index >= 15 is 0 Å². The lowest BCUT2D eigenvalue weighted by molar-refractivity contribution is 0.265. The van der Waals surface area contributed by atoms with Crippen LogP contribution in [0.2, 0.25) is 0 Å². The highest BCUT2D eigenvalue weighted by atomic mass is 16.3. The van der Waals surface area contributed by atoms with E-state index in [1.165, 1.54) is 0 Å². The maximum Gasteiger partial charge on any atom is 0.227 e. The molecule has 1 aliphatic rings. The van der Waals surface area contributed by atoms with Crippen LogP contribution in [0.25, 0.3) is 0 Å². The fourth-order valence-corrected chi connectivity index (χ4v) is 1.79. The average Bonchev–Trinajstić information content (AvgIpc) is 2.65. The van der Waals surface area contributed by atoms with Crippen molar-refractivity contribution in [3.05, 3.63) is 12.3 Å². The van der Waals surface area contributed by atoms with Gasteiger partial charge in [-0.15, -0.1) is 0 Å². The molecule has 0 spiro atoms. The van der Waals surface area contributed by atoms with Gasteiger partial charge in [0.1, 0.15) is 5.82 Å². The van der Waals surface area contributed by atoms with Gasteiger partial charge < -0.3 is 15.7 Å². The summed E-state index contributed by atoms with van der Waals surface area (Å²) in [6.07, 6.45) is 3.71. The third-order valence-corrected chi connectivity index (χ3v) is 2.51. The molecule has 0 aromatic carbocycles. The van der Waals surface area contributed by atoms with Crippen molar-refractivity contribution in [2.75, 3.05) is 23.8 Å². The van der Waals surface area contributed by atoms with Gasteiger partial charge >= 0.3 is 0 Å². The standard InChI is InChI=1S/C9H14N4O/c10-8-3-4-11-9(12-8)13-5-1-2-7(13)6-14/h3-4,7,14H,1-2,5-6H2,(H2,10,11,12). The Morgan fingerprint density at radius 2 is 2.50 bits per heavy atom. The van der Waals surface area contributed by atoms with Crippen molar-refractivity contribution in [3.8, 4) is 0 Å². The van der Waals surface area contributed by atoms with Crippen molar-refractivity contribution >= 4 is 11.8 Å². The van der Waals surface area contributed by atoms with Crippen molar-refractivity contribution in [2.24, 2.45) is 0 Å². The summed E-state index contributed by atoms with van der Waals surface area (Å²) in [5, 5.41) is 9.14. The summed E-state index contributed by atoms with van der Waals surface area (Å²) < 4.78 is 0. The Bertz CT molecular complexity index is 317. The lowest BCUT2D eigenvalue weighted by Gasteiger charge is -2.22. The number of rotatable bonds is 2. The van der Waals surface area contributed by atoms with Crippen LogP contribution in [0.4, 0.5) is 11.8 Å². The van der Waals surface area contributed by atoms with Crippen LogP contribution in [0, 0.1) is 0 Å². The first-order chi connectivity index (χ1) is 6.81. The molecule has 1 saturated heterocycles. The van der Waals surface area contributed by atoms with Crippen molar-refractivity contribution in [3.63, 3.8) is 0 Å². The second-order valence-corrected chi connectivity index (χ2v) is 3.45. The summed E-state index contributed by atoms with van der Waals surface area (Å²) in [7, 11) is 0. The molecule has 5 heteroatoms. The minimum Gasteiger partial charge on any atom is -0.394 e. The molecule has 5 nitrogen and oxygen atoms in total. The number of aromatic nitrogens is 2. The van der Waals surface area contributed by atoms with E-state index in [4.69, 9.17) is 10.8 Å². The maximum absolute atomic E-state index is 9.14. The molecule has 14 heavy (non-hydrogen) atoms. The molecular weight excluding hydrogens is 180 g/mol. The van der Waals surface area contributed by atoms with Crippen LogP contribution in [-0.2, 0) is 0 Å². The average molecular weight is 194 g/mol. The minimum atomic E-state index is 0.150. The summed E-state index contributed by atoms with van der Waals surface area (Å²) >= 11 is 0. The fraction of sp³-hybridized carbons (Fsp3) is 0.556. The zero-order valence-corrected chi connectivity index (χ0v) is 7.93. The monoisotopic (exact) mass is 194 g/mol. The van der Waals surface area contributed by atoms with Crippen LogP contribution >= 0.6 is 0 Å². The van der Waals surface area contributed by atoms with E-state index in [2.05, 4.69) is 9.97 Å². The second kappa shape index (κ2) is 3.79. The van der Waals surface area contributed by atoms with E-state index in [0.717, 1.165) is 19.4 Å². The van der Waals surface area contributed by atoms with Crippen LogP contribution in [-0.4, -0.2) is 34.3 Å². The summed E-state index contributed by atoms with van der Waals surface area (Å²) in [4.78, 5) is 10.3. The Labute approximate surface area is 82.6 Å². The highest BCUT2D eigenvalue weighted by molar-refractivity contribution is 5.39. The number of nitrogens with two attached hydrogens (primary N) is 1. The molecule has 1 aromatic heterocycles. The van der Waals surface area contributed by atoms with Crippen molar-refractivity contribution in [2.45, 2.75) is 18.9 Å². The van der Waals surface area contributed by atoms with Crippen LogP contribution < -0.4 is 10.6 Å². The first-order valence-corrected chi connectivity index (χ1v) is 4.77. The third-order valence-electron chi connectivity index (χ3n) is 2.51. The van der Waals surface area contributed by atoms with Gasteiger partial charge in [-0.2, -0.15) is 4.98 Å². The SMILES string of the molecule is Nc1ccnc(N2CCCC2CO)n1. The molecule has 0 aliphatic carbocycles. The van der Waals surface area contributed by atoms with Gasteiger partial charge in [-0.05, 0) is 18.9 Å². The molecule has 0 radical (unpaired) electrons. The van der Waals surface area contributed by atoms with E-state index in [1.807, 2.05) is 4.90 Å². The number of aliphatic hydroxyl groups is 1. The van der Waals surface area contributed by atoms with Gasteiger partial charge in [0.15, 0.2) is 0 Å². The van der Waals surface area contributed by atoms with Gasteiger partial charge in [0.05, 0.1) is 12.6 Å². The third kappa shape index (κ3) is 1.63. The van der Waals surface area contributed by atoms with E-state index in [9.17, 15) is 0 Å². The Morgan fingerprint density at radius 3 is 3.21 bits per heavy atom. The van der Waals surface area contributed by atoms with Crippen LogP contribution in [0.1, 0.15) is 12.8 Å². The summed E-state index contributed by atoms with van der Waals surface area (Å²) in [5.74, 6) is 1.10. The Balaban J connectivity index is 2.21. The smallest absolute Gasteiger partial charge is 0.227 e. The highest BCUT2D eigenvalue weighted by Crippen LogP contribution is 2.21. The molecule has 1 aromatic rings. The van der Waals surface area contributed by atoms with Gasteiger partial charge in [0.25, 0.3) is 0 Å². The van der Waals surface area contributed by atoms with Crippen LogP contribution in [0.5, 0.6) is 0 Å². The first kappa shape index (κ1) is 9.21. The predicted octanol–water partition coefficient (Wildman–Crippen LogP) is 0.0199. The molecule has 1 atom stereocenters. The largest absolute Gasteiger partial charge is 0.394 e. The van der Waals surface area contributed by atoms with E-state index in [0.29, 0.717) is 11.8 Å². The summed E-state index contributed by atoms with van der Waals surface area (Å²) in [6.45, 7) is 1.05. The molecule has 2 rings (SSSR count). The number of nitrogen functional groups attached to an aromatic ring is 1. The lowest BCUT2D eigenvalue weighted by atomic mass is 10.2. The summed E-state index contributed by atoms with van der Waals surface area (Å²) in [6, 6.07) is 1.81. The van der Waals surface area contributed by atoms with E-state index in [1.54, 1.807) is 12.3 Å². The molecule has 1 unspecified atom stereocenters. The van der Waals surface area contributed by atoms with E-state index in [-0.39, 0.29) is 12.6 Å². The second-order valence-electron chi connectivity index (χ2n) is 3.45. The number of hydrogen-bond donors (Lipinski definition) is 2. The first-order valence-electron chi connectivity index (χ1n) is 4.77. The normalized spacial score (nSPS) is 21.5. The Morgan fingerprint density at radius 1 is 1.64 bits per heavy atom. The Hall–Kier alpha value is -1.36. The summed E-state index contributed by atoms with van der Waals surface area (Å²) in [5.41, 5.74) is 5.57. The molecule has 1 aliphatic heterocycles. The quantitative estimate of drug-likeness (QED) is 0.694. The zero-order chi connectivity index (χ0) is 9.97. The lowest BCUT2D eigenvalue weighted by Crippen LogP contribution is -2.33. The van der Waals surface area contributed by atoms with Crippen LogP contribution in [0.15, 0.2) is 12.3 Å². The molecule has 0 amide bonds. The number of aliphatic hydroxyl groups excluding tert-OH is 1. The molecule has 3 N–H and O–H groups in total. The molecule has 0 saturated carbocycles. The van der Waals surface area contributed by atoms with Gasteiger partial charge in [0, 0.05) is 12.7 Å². The topological polar surface area (TPSA) is 75.3 Å². The van der Waals surface area contributed by atoms with Crippen molar-refractivity contribution in [1.29, 1.82) is 0 Å². The fourth-order valence-electron chi connectivity index (χ4n) is 1.79. The molecule has 76 valence electrons. The van der Waals surface area contributed by atoms with Gasteiger partial charge in [-0.1, -0.05) is 0 Å². The minimum absolute atomic E-state index is 0.150. The van der Waals surface area contributed by atoms with Gasteiger partial charge in [-0.25, -0.2) is 4.98 Å². The Kier molecular flexibility index (Phi) is 2.49. The molecule has 0 bridgehead atoms. The zero-order valence-electron chi connectivity index (χ0n) is 7.93. The van der Waals surface area contributed by atoms with Crippen LogP contribution in [0.3, 0.4) is 0 Å². The predicted molar refractivity (Wildman–Crippen MR) is 53.9 cm³/mol. The van der Waals surface area contributed by atoms with E-state index < -0.39 is 0 Å². The number of nitrogens with zero attached hydrogens (tertiary/aromatic N) is 3. The number of anilines is 2. The van der Waals surface area contributed by atoms with Crippen molar-refractivity contribution < 1.29 is 5.11 Å². The van der Waals surface area contributed by atoms with Gasteiger partial charge in [0.2, 0.25) is 5.95 Å². The van der Waals surface area contributed by atoms with Gasteiger partial charge in [-0.3, -0.25) is 0 Å². The molecular formula is C9H14N4O.